The van der Waals surface area contributed by atoms with Crippen molar-refractivity contribution in [2.75, 3.05) is 13.7 Å². The molecule has 0 amide bonds. The lowest BCUT2D eigenvalue weighted by Crippen LogP contribution is -2.52. The molecular weight excluding hydrogens is 376 g/mol. The molecule has 5 heteroatoms. The molecule has 0 radical (unpaired) electrons. The molecule has 5 rings (SSSR count). The number of nitrogens with zero attached hydrogens (tertiary/aromatic N) is 2. The van der Waals surface area contributed by atoms with E-state index < -0.39 is 5.60 Å². The zero-order valence-corrected chi connectivity index (χ0v) is 18.6. The SMILES string of the molecule is COC[C@]1(O)CC[C@H]2[C@@H](CC[C@@H]3[C@@H]2CC[C@]2(C)[C@@H](C(=O)Cn4ccnc4)CC[C@@H]32)C1. The highest BCUT2D eigenvalue weighted by molar-refractivity contribution is 5.82. The van der Waals surface area contributed by atoms with Crippen molar-refractivity contribution in [3.05, 3.63) is 18.7 Å². The van der Waals surface area contributed by atoms with E-state index in [0.717, 1.165) is 43.4 Å². The minimum absolute atomic E-state index is 0.178. The third kappa shape index (κ3) is 3.37. The van der Waals surface area contributed by atoms with E-state index in [9.17, 15) is 9.90 Å². The van der Waals surface area contributed by atoms with Gasteiger partial charge in [0.25, 0.3) is 0 Å². The van der Waals surface area contributed by atoms with Crippen LogP contribution in [0.2, 0.25) is 0 Å². The van der Waals surface area contributed by atoms with Gasteiger partial charge in [-0.15, -0.1) is 0 Å². The maximum atomic E-state index is 13.2. The van der Waals surface area contributed by atoms with E-state index in [1.54, 1.807) is 19.6 Å². The summed E-state index contributed by atoms with van der Waals surface area (Å²) in [7, 11) is 1.70. The van der Waals surface area contributed by atoms with Crippen LogP contribution in [0.4, 0.5) is 0 Å². The van der Waals surface area contributed by atoms with E-state index in [1.807, 2.05) is 10.8 Å². The highest BCUT2D eigenvalue weighted by atomic mass is 16.5. The number of methoxy groups -OCH3 is 1. The van der Waals surface area contributed by atoms with Crippen LogP contribution in [-0.4, -0.2) is 39.8 Å². The summed E-state index contributed by atoms with van der Waals surface area (Å²) in [6.45, 7) is 3.39. The Bertz CT molecular complexity index is 764. The molecule has 0 saturated heterocycles. The van der Waals surface area contributed by atoms with E-state index in [-0.39, 0.29) is 11.3 Å². The zero-order valence-electron chi connectivity index (χ0n) is 18.6. The van der Waals surface area contributed by atoms with Crippen molar-refractivity contribution in [2.45, 2.75) is 76.9 Å². The van der Waals surface area contributed by atoms with Crippen LogP contribution in [0.15, 0.2) is 18.7 Å². The number of hydrogen-bond donors (Lipinski definition) is 1. The molecule has 1 aromatic rings. The number of aliphatic hydroxyl groups is 1. The molecule has 0 aromatic carbocycles. The van der Waals surface area contributed by atoms with E-state index in [1.165, 1.54) is 32.1 Å². The fourth-order valence-electron chi connectivity index (χ4n) is 8.56. The van der Waals surface area contributed by atoms with Crippen molar-refractivity contribution in [3.8, 4) is 0 Å². The number of ether oxygens (including phenoxy) is 1. The van der Waals surface area contributed by atoms with Gasteiger partial charge in [0.05, 0.1) is 25.1 Å². The Labute approximate surface area is 180 Å². The number of ketones is 1. The maximum Gasteiger partial charge on any atom is 0.156 e. The topological polar surface area (TPSA) is 64.3 Å². The summed E-state index contributed by atoms with van der Waals surface area (Å²) in [5.74, 6) is 4.33. The molecule has 0 unspecified atom stereocenters. The maximum absolute atomic E-state index is 13.2. The number of imidazole rings is 1. The van der Waals surface area contributed by atoms with Gasteiger partial charge in [-0.3, -0.25) is 4.79 Å². The lowest BCUT2D eigenvalue weighted by Gasteiger charge is -2.57. The summed E-state index contributed by atoms with van der Waals surface area (Å²) in [6, 6.07) is 0. The second-order valence-electron chi connectivity index (χ2n) is 11.2. The lowest BCUT2D eigenvalue weighted by atomic mass is 9.49. The van der Waals surface area contributed by atoms with E-state index in [4.69, 9.17) is 4.74 Å². The molecule has 5 nitrogen and oxygen atoms in total. The molecule has 4 aliphatic rings. The van der Waals surface area contributed by atoms with Crippen LogP contribution in [0.3, 0.4) is 0 Å². The van der Waals surface area contributed by atoms with Crippen molar-refractivity contribution in [1.82, 2.24) is 9.55 Å². The second-order valence-corrected chi connectivity index (χ2v) is 11.2. The van der Waals surface area contributed by atoms with Crippen LogP contribution in [0.25, 0.3) is 0 Å². The Kier molecular flexibility index (Phi) is 5.34. The van der Waals surface area contributed by atoms with Gasteiger partial charge in [0.15, 0.2) is 5.78 Å². The summed E-state index contributed by atoms with van der Waals surface area (Å²) < 4.78 is 7.25. The van der Waals surface area contributed by atoms with Gasteiger partial charge in [-0.05, 0) is 92.8 Å². The van der Waals surface area contributed by atoms with E-state index >= 15 is 0 Å². The van der Waals surface area contributed by atoms with Crippen LogP contribution in [0.1, 0.15) is 64.7 Å². The largest absolute Gasteiger partial charge is 0.387 e. The van der Waals surface area contributed by atoms with Crippen LogP contribution >= 0.6 is 0 Å². The number of rotatable bonds is 5. The Morgan fingerprint density at radius 3 is 2.73 bits per heavy atom. The molecule has 8 atom stereocenters. The number of aromatic nitrogens is 2. The molecule has 4 fully saturated rings. The first kappa shape index (κ1) is 20.7. The zero-order chi connectivity index (χ0) is 20.9. The Balaban J connectivity index is 1.29. The predicted molar refractivity (Wildman–Crippen MR) is 115 cm³/mol. The summed E-state index contributed by atoms with van der Waals surface area (Å²) in [4.78, 5) is 17.3. The van der Waals surface area contributed by atoms with Gasteiger partial charge in [0.1, 0.15) is 0 Å². The van der Waals surface area contributed by atoms with Crippen LogP contribution in [0.5, 0.6) is 0 Å². The number of carbonyl (C=O) groups excluding carboxylic acids is 1. The predicted octanol–water partition coefficient (Wildman–Crippen LogP) is 4.10. The number of Topliss-reactive ketones (excluding diaryl/α,β-unsaturated/α-hetero) is 1. The minimum atomic E-state index is -0.607. The van der Waals surface area contributed by atoms with Crippen molar-refractivity contribution in [3.63, 3.8) is 0 Å². The summed E-state index contributed by atoms with van der Waals surface area (Å²) in [5.41, 5.74) is -0.429. The summed E-state index contributed by atoms with van der Waals surface area (Å²) in [5, 5.41) is 10.9. The Morgan fingerprint density at radius 2 is 1.97 bits per heavy atom. The minimum Gasteiger partial charge on any atom is -0.387 e. The molecule has 30 heavy (non-hydrogen) atoms. The molecule has 4 saturated carbocycles. The third-order valence-electron chi connectivity index (χ3n) is 9.80. The van der Waals surface area contributed by atoms with Crippen LogP contribution < -0.4 is 0 Å². The average molecular weight is 415 g/mol. The molecular formula is C25H38N2O3. The molecule has 1 aromatic heterocycles. The van der Waals surface area contributed by atoms with Crippen molar-refractivity contribution >= 4 is 5.78 Å². The molecule has 4 aliphatic carbocycles. The Hall–Kier alpha value is -1.20. The first-order chi connectivity index (χ1) is 14.4. The van der Waals surface area contributed by atoms with Crippen LogP contribution in [0, 0.1) is 40.9 Å². The molecule has 0 spiro atoms. The normalized spacial score (nSPS) is 45.4. The van der Waals surface area contributed by atoms with E-state index in [0.29, 0.717) is 30.8 Å². The fourth-order valence-corrected chi connectivity index (χ4v) is 8.56. The first-order valence-electron chi connectivity index (χ1n) is 12.1. The van der Waals surface area contributed by atoms with Gasteiger partial charge in [-0.2, -0.15) is 0 Å². The highest BCUT2D eigenvalue weighted by Crippen LogP contribution is 2.64. The average Bonchev–Trinajstić information content (AvgIpc) is 3.34. The summed E-state index contributed by atoms with van der Waals surface area (Å²) in [6.07, 6.45) is 15.7. The first-order valence-corrected chi connectivity index (χ1v) is 12.1. The molecule has 166 valence electrons. The van der Waals surface area contributed by atoms with Crippen molar-refractivity contribution in [2.24, 2.45) is 40.9 Å². The van der Waals surface area contributed by atoms with Crippen LogP contribution in [-0.2, 0) is 16.1 Å². The summed E-state index contributed by atoms with van der Waals surface area (Å²) >= 11 is 0. The molecule has 1 heterocycles. The molecule has 0 bridgehead atoms. The third-order valence-corrected chi connectivity index (χ3v) is 9.80. The van der Waals surface area contributed by atoms with E-state index in [2.05, 4.69) is 11.9 Å². The fraction of sp³-hybridized carbons (Fsp3) is 0.840. The lowest BCUT2D eigenvalue weighted by molar-refractivity contribution is -0.136. The monoisotopic (exact) mass is 414 g/mol. The highest BCUT2D eigenvalue weighted by Gasteiger charge is 2.58. The van der Waals surface area contributed by atoms with Crippen molar-refractivity contribution < 1.29 is 14.6 Å². The second kappa shape index (κ2) is 7.74. The number of fused-ring (bicyclic) bond motifs is 5. The van der Waals surface area contributed by atoms with Gasteiger partial charge >= 0.3 is 0 Å². The van der Waals surface area contributed by atoms with Gasteiger partial charge in [-0.1, -0.05) is 6.92 Å². The molecule has 1 N–H and O–H groups in total. The molecule has 0 aliphatic heterocycles. The van der Waals surface area contributed by atoms with Gasteiger partial charge in [0.2, 0.25) is 0 Å². The number of hydrogen-bond acceptors (Lipinski definition) is 4. The number of carbonyl (C=O) groups is 1. The van der Waals surface area contributed by atoms with Gasteiger partial charge < -0.3 is 14.4 Å². The smallest absolute Gasteiger partial charge is 0.156 e. The van der Waals surface area contributed by atoms with Crippen molar-refractivity contribution in [1.29, 1.82) is 0 Å². The van der Waals surface area contributed by atoms with Gasteiger partial charge in [-0.25, -0.2) is 4.98 Å². The standard InChI is InChI=1S/C25H38N2O3/c1-24-9-7-19-18-8-10-25(29,15-30-2)13-17(18)3-4-20(19)21(24)5-6-22(24)23(28)14-27-12-11-26-16-27/h11-12,16-22,29H,3-10,13-15H2,1-2H3/t17-,18-,19+,20+,21-,22+,24-,25-/m0/s1. The Morgan fingerprint density at radius 1 is 1.13 bits per heavy atom. The quantitative estimate of drug-likeness (QED) is 0.788. The van der Waals surface area contributed by atoms with Gasteiger partial charge in [0, 0.05) is 25.4 Å².